The molecule has 1 aromatic carbocycles. The number of benzene rings is 1. The molecule has 1 aliphatic rings. The highest BCUT2D eigenvalue weighted by atomic mass is 32.2. The first-order chi connectivity index (χ1) is 21.3. The van der Waals surface area contributed by atoms with E-state index < -0.39 is 10.1 Å². The molecule has 2 aromatic rings. The summed E-state index contributed by atoms with van der Waals surface area (Å²) in [6, 6.07) is 5.78. The third-order valence-corrected chi connectivity index (χ3v) is 9.71. The van der Waals surface area contributed by atoms with Crippen LogP contribution in [0.15, 0.2) is 46.2 Å². The first kappa shape index (κ1) is 38.4. The quantitative estimate of drug-likeness (QED) is 0.0548. The van der Waals surface area contributed by atoms with Crippen LogP contribution in [0.25, 0.3) is 0 Å². The zero-order chi connectivity index (χ0) is 31.9. The van der Waals surface area contributed by atoms with Gasteiger partial charge in [-0.25, -0.2) is 8.42 Å². The Morgan fingerprint density at radius 2 is 1.55 bits per heavy atom. The standard InChI is InChI=1S/C28H50NO3S.C7H8O3S/c1-2-3-4-5-6-7-8-9-10-11-12-14-17-26-22-27(31-23-26)24-32-28(30)18-15-13-16-19-29-20-21-33-25-29;1-6-2-4-7(5-3-6)11(8,9)10/h20-21,25-27H,2-19,22-24H2,1H3;2-5H,1H3,(H,8,9,10)/q+1;/p-1/t26-,27+;/m0./s1. The number of esters is 1. The van der Waals surface area contributed by atoms with Crippen molar-refractivity contribution >= 4 is 27.4 Å². The molecule has 0 aliphatic carbocycles. The van der Waals surface area contributed by atoms with Gasteiger partial charge >= 0.3 is 5.97 Å². The molecule has 0 radical (unpaired) electrons. The first-order valence-electron chi connectivity index (χ1n) is 17.0. The fourth-order valence-electron chi connectivity index (χ4n) is 5.46. The Hall–Kier alpha value is -1.81. The zero-order valence-electron chi connectivity index (χ0n) is 27.3. The lowest BCUT2D eigenvalue weighted by atomic mass is 9.97. The Morgan fingerprint density at radius 1 is 0.932 bits per heavy atom. The van der Waals surface area contributed by atoms with Crippen molar-refractivity contribution < 1.29 is 31.8 Å². The van der Waals surface area contributed by atoms with Crippen molar-refractivity contribution in [1.29, 1.82) is 0 Å². The number of hydrogen-bond acceptors (Lipinski definition) is 7. The van der Waals surface area contributed by atoms with Crippen LogP contribution in [0.2, 0.25) is 0 Å². The fraction of sp³-hybridized carbons (Fsp3) is 0.714. The van der Waals surface area contributed by atoms with E-state index in [1.807, 2.05) is 6.92 Å². The third-order valence-electron chi connectivity index (χ3n) is 8.19. The number of thiazole rings is 1. The summed E-state index contributed by atoms with van der Waals surface area (Å²) in [4.78, 5) is 11.8. The van der Waals surface area contributed by atoms with Gasteiger partial charge in [0.05, 0.1) is 23.0 Å². The van der Waals surface area contributed by atoms with Crippen molar-refractivity contribution in [2.24, 2.45) is 5.92 Å². The fourth-order valence-corrected chi connectivity index (χ4v) is 6.56. The lowest BCUT2D eigenvalue weighted by Crippen LogP contribution is -2.29. The van der Waals surface area contributed by atoms with Crippen LogP contribution in [0, 0.1) is 12.8 Å². The molecule has 44 heavy (non-hydrogen) atoms. The Balaban J connectivity index is 0.000000514. The maximum absolute atomic E-state index is 12.0. The van der Waals surface area contributed by atoms with Crippen molar-refractivity contribution in [1.82, 2.24) is 0 Å². The lowest BCUT2D eigenvalue weighted by Gasteiger charge is -2.10. The highest BCUT2D eigenvalue weighted by Gasteiger charge is 2.26. The smallest absolute Gasteiger partial charge is 0.305 e. The van der Waals surface area contributed by atoms with Gasteiger partial charge in [-0.1, -0.05) is 113 Å². The molecule has 3 rings (SSSR count). The van der Waals surface area contributed by atoms with Crippen LogP contribution in [0.3, 0.4) is 0 Å². The van der Waals surface area contributed by atoms with E-state index in [2.05, 4.69) is 28.6 Å². The van der Waals surface area contributed by atoms with Crippen molar-refractivity contribution in [2.75, 3.05) is 13.2 Å². The van der Waals surface area contributed by atoms with E-state index in [-0.39, 0.29) is 17.0 Å². The largest absolute Gasteiger partial charge is 0.744 e. The minimum Gasteiger partial charge on any atom is -0.744 e. The predicted molar refractivity (Wildman–Crippen MR) is 177 cm³/mol. The molecule has 0 spiro atoms. The molecule has 7 nitrogen and oxygen atoms in total. The summed E-state index contributed by atoms with van der Waals surface area (Å²) in [5.74, 6) is 0.595. The number of aryl methyl sites for hydroxylation is 2. The molecule has 0 bridgehead atoms. The molecule has 9 heteroatoms. The van der Waals surface area contributed by atoms with Crippen LogP contribution in [0.5, 0.6) is 0 Å². The molecule has 1 fully saturated rings. The maximum atomic E-state index is 12.0. The van der Waals surface area contributed by atoms with Crippen LogP contribution in [0.1, 0.15) is 128 Å². The molecule has 2 atom stereocenters. The van der Waals surface area contributed by atoms with Crippen molar-refractivity contribution in [3.63, 3.8) is 0 Å². The number of carbonyl (C=O) groups is 1. The number of unbranched alkanes of at least 4 members (excludes halogenated alkanes) is 13. The first-order valence-corrected chi connectivity index (χ1v) is 19.3. The highest BCUT2D eigenvalue weighted by Crippen LogP contribution is 2.25. The lowest BCUT2D eigenvalue weighted by molar-refractivity contribution is -0.692. The Bertz CT molecular complexity index is 1090. The third kappa shape index (κ3) is 18.9. The van der Waals surface area contributed by atoms with Crippen LogP contribution in [0.4, 0.5) is 0 Å². The van der Waals surface area contributed by atoms with Crippen molar-refractivity contribution in [3.8, 4) is 0 Å². The number of hydrogen-bond donors (Lipinski definition) is 0. The summed E-state index contributed by atoms with van der Waals surface area (Å²) in [6.07, 6.45) is 25.0. The van der Waals surface area contributed by atoms with E-state index in [4.69, 9.17) is 9.47 Å². The van der Waals surface area contributed by atoms with Gasteiger partial charge < -0.3 is 14.0 Å². The normalized spacial score (nSPS) is 16.4. The molecule has 1 aliphatic heterocycles. The summed E-state index contributed by atoms with van der Waals surface area (Å²) in [6.45, 7) is 6.43. The van der Waals surface area contributed by atoms with E-state index >= 15 is 0 Å². The molecule has 2 heterocycles. The highest BCUT2D eigenvalue weighted by molar-refractivity contribution is 7.85. The van der Waals surface area contributed by atoms with Crippen LogP contribution in [-0.2, 0) is 30.9 Å². The Labute approximate surface area is 271 Å². The molecule has 0 unspecified atom stereocenters. The van der Waals surface area contributed by atoms with Crippen LogP contribution in [-0.4, -0.2) is 38.3 Å². The number of carbonyl (C=O) groups excluding carboxylic acids is 1. The van der Waals surface area contributed by atoms with Gasteiger partial charge in [0.15, 0.2) is 6.20 Å². The van der Waals surface area contributed by atoms with Gasteiger partial charge in [-0.05, 0) is 50.7 Å². The second-order valence-electron chi connectivity index (χ2n) is 12.3. The topological polar surface area (TPSA) is 96.6 Å². The van der Waals surface area contributed by atoms with Crippen LogP contribution >= 0.6 is 11.3 Å². The molecular formula is C35H57NO6S2. The molecule has 1 aromatic heterocycles. The molecule has 0 amide bonds. The van der Waals surface area contributed by atoms with Gasteiger partial charge in [0, 0.05) is 12.8 Å². The van der Waals surface area contributed by atoms with Crippen molar-refractivity contribution in [2.45, 2.75) is 147 Å². The van der Waals surface area contributed by atoms with Gasteiger partial charge in [0.2, 0.25) is 5.51 Å². The molecule has 0 saturated carbocycles. The average molecular weight is 652 g/mol. The SMILES string of the molecule is CCCCCCCCCCCCCC[C@@H]1CO[C@@H](COC(=O)CCCCC[n+]2ccsc2)C1.Cc1ccc(S(=O)(=O)[O-])cc1. The average Bonchev–Trinajstić information content (AvgIpc) is 3.69. The van der Waals surface area contributed by atoms with E-state index in [1.165, 1.54) is 95.6 Å². The van der Waals surface area contributed by atoms with Gasteiger partial charge in [-0.15, -0.1) is 0 Å². The second kappa shape index (κ2) is 23.5. The summed E-state index contributed by atoms with van der Waals surface area (Å²) >= 11 is 1.72. The minimum atomic E-state index is -4.27. The monoisotopic (exact) mass is 651 g/mol. The molecule has 250 valence electrons. The zero-order valence-corrected chi connectivity index (χ0v) is 28.9. The number of aromatic nitrogens is 1. The van der Waals surface area contributed by atoms with Gasteiger partial charge in [-0.2, -0.15) is 4.57 Å². The summed E-state index contributed by atoms with van der Waals surface area (Å²) < 4.78 is 44.7. The Morgan fingerprint density at radius 3 is 2.14 bits per heavy atom. The minimum absolute atomic E-state index is 0.0637. The van der Waals surface area contributed by atoms with E-state index in [9.17, 15) is 17.8 Å². The number of ether oxygens (including phenoxy) is 2. The number of rotatable bonds is 22. The van der Waals surface area contributed by atoms with Crippen LogP contribution < -0.4 is 4.57 Å². The summed E-state index contributed by atoms with van der Waals surface area (Å²) in [7, 11) is -4.27. The number of nitrogens with zero attached hydrogens (tertiary/aromatic N) is 1. The van der Waals surface area contributed by atoms with Gasteiger partial charge in [0.1, 0.15) is 23.3 Å². The van der Waals surface area contributed by atoms with Crippen molar-refractivity contribution in [3.05, 3.63) is 46.9 Å². The van der Waals surface area contributed by atoms with Gasteiger partial charge in [-0.3, -0.25) is 4.79 Å². The second-order valence-corrected chi connectivity index (χ2v) is 14.4. The summed E-state index contributed by atoms with van der Waals surface area (Å²) in [5, 5.41) is 2.09. The Kier molecular flexibility index (Phi) is 20.5. The van der Waals surface area contributed by atoms with Gasteiger partial charge in [0.25, 0.3) is 0 Å². The molecular weight excluding hydrogens is 595 g/mol. The molecule has 0 N–H and O–H groups in total. The maximum Gasteiger partial charge on any atom is 0.305 e. The molecule has 1 saturated heterocycles. The van der Waals surface area contributed by atoms with E-state index in [1.54, 1.807) is 23.5 Å². The summed E-state index contributed by atoms with van der Waals surface area (Å²) in [5.41, 5.74) is 3.05. The van der Waals surface area contributed by atoms with E-state index in [0.717, 1.165) is 44.4 Å². The van der Waals surface area contributed by atoms with E-state index in [0.29, 0.717) is 18.9 Å². The predicted octanol–water partition coefficient (Wildman–Crippen LogP) is 8.53.